The van der Waals surface area contributed by atoms with E-state index in [4.69, 9.17) is 0 Å². The minimum atomic E-state index is 1.22. The van der Waals surface area contributed by atoms with E-state index < -0.39 is 0 Å². The van der Waals surface area contributed by atoms with E-state index in [-0.39, 0.29) is 0 Å². The maximum absolute atomic E-state index is 2.63. The van der Waals surface area contributed by atoms with Crippen LogP contribution in [0.4, 0.5) is 5.69 Å². The highest BCUT2D eigenvalue weighted by Crippen LogP contribution is 2.21. The van der Waals surface area contributed by atoms with E-state index in [1.807, 2.05) is 0 Å². The first-order valence-corrected chi connectivity index (χ1v) is 10.1. The van der Waals surface area contributed by atoms with Crippen LogP contribution in [-0.2, 0) is 0 Å². The lowest BCUT2D eigenvalue weighted by molar-refractivity contribution is 0.567. The molecule has 0 unspecified atom stereocenters. The predicted octanol–water partition coefficient (Wildman–Crippen LogP) is 7.13. The van der Waals surface area contributed by atoms with Crippen LogP contribution < -0.4 is 4.90 Å². The first-order chi connectivity index (χ1) is 11.3. The first kappa shape index (κ1) is 20.1. The van der Waals surface area contributed by atoms with E-state index in [1.165, 1.54) is 95.0 Å². The fraction of sp³-hybridized carbons (Fsp3) is 0.727. The Bertz CT molecular complexity index is 385. The third-order valence-corrected chi connectivity index (χ3v) is 4.77. The zero-order valence-corrected chi connectivity index (χ0v) is 15.9. The van der Waals surface area contributed by atoms with Gasteiger partial charge < -0.3 is 4.90 Å². The minimum Gasteiger partial charge on any atom is -0.371 e. The summed E-state index contributed by atoms with van der Waals surface area (Å²) in [7, 11) is 0. The molecule has 1 aromatic rings. The van der Waals surface area contributed by atoms with Gasteiger partial charge in [-0.25, -0.2) is 0 Å². The molecule has 1 rings (SSSR count). The van der Waals surface area contributed by atoms with Gasteiger partial charge in [0.1, 0.15) is 0 Å². The first-order valence-electron chi connectivity index (χ1n) is 10.1. The quantitative estimate of drug-likeness (QED) is 0.330. The van der Waals surface area contributed by atoms with E-state index in [2.05, 4.69) is 49.9 Å². The largest absolute Gasteiger partial charge is 0.371 e. The Balaban J connectivity index is 2.31. The van der Waals surface area contributed by atoms with Gasteiger partial charge in [0.15, 0.2) is 0 Å². The average molecular weight is 318 g/mol. The van der Waals surface area contributed by atoms with Crippen LogP contribution in [-0.4, -0.2) is 13.1 Å². The van der Waals surface area contributed by atoms with Gasteiger partial charge in [-0.1, -0.05) is 89.8 Å². The van der Waals surface area contributed by atoms with Crippen LogP contribution in [0.15, 0.2) is 24.3 Å². The molecule has 1 nitrogen and oxygen atoms in total. The van der Waals surface area contributed by atoms with Crippen molar-refractivity contribution in [2.24, 2.45) is 0 Å². The summed E-state index contributed by atoms with van der Waals surface area (Å²) >= 11 is 0. The van der Waals surface area contributed by atoms with Crippen molar-refractivity contribution in [3.8, 4) is 0 Å². The molecule has 0 aliphatic rings. The van der Waals surface area contributed by atoms with Crippen LogP contribution in [0.1, 0.15) is 90.0 Å². The molecule has 0 radical (unpaired) electrons. The van der Waals surface area contributed by atoms with Crippen LogP contribution in [0, 0.1) is 6.92 Å². The van der Waals surface area contributed by atoms with Crippen molar-refractivity contribution in [3.05, 3.63) is 29.8 Å². The number of hydrogen-bond donors (Lipinski definition) is 0. The van der Waals surface area contributed by atoms with E-state index in [1.54, 1.807) is 0 Å². The summed E-state index contributed by atoms with van der Waals surface area (Å²) in [6.07, 6.45) is 15.2. The molecule has 0 aromatic heterocycles. The molecule has 132 valence electrons. The van der Waals surface area contributed by atoms with Crippen molar-refractivity contribution in [2.45, 2.75) is 91.4 Å². The number of rotatable bonds is 14. The van der Waals surface area contributed by atoms with Crippen LogP contribution >= 0.6 is 0 Å². The molecule has 23 heavy (non-hydrogen) atoms. The highest BCUT2D eigenvalue weighted by atomic mass is 15.1. The molecule has 0 amide bonds. The summed E-state index contributed by atoms with van der Waals surface area (Å²) in [5, 5.41) is 0. The standard InChI is InChI=1S/C22H39N/c1-4-6-8-9-10-11-12-16-20-23(19-15-7-5-2)22-18-14-13-17-21(22)3/h13-14,17-18H,4-12,15-16,19-20H2,1-3H3. The van der Waals surface area contributed by atoms with Gasteiger partial charge >= 0.3 is 0 Å². The topological polar surface area (TPSA) is 3.24 Å². The highest BCUT2D eigenvalue weighted by molar-refractivity contribution is 5.52. The molecular weight excluding hydrogens is 278 g/mol. The van der Waals surface area contributed by atoms with Gasteiger partial charge in [-0.3, -0.25) is 0 Å². The lowest BCUT2D eigenvalue weighted by Gasteiger charge is -2.26. The van der Waals surface area contributed by atoms with Crippen molar-refractivity contribution in [1.82, 2.24) is 0 Å². The van der Waals surface area contributed by atoms with Gasteiger partial charge in [-0.05, 0) is 31.4 Å². The Morgan fingerprint density at radius 1 is 0.652 bits per heavy atom. The van der Waals surface area contributed by atoms with Crippen LogP contribution in [0.2, 0.25) is 0 Å². The second-order valence-electron chi connectivity index (χ2n) is 6.96. The van der Waals surface area contributed by atoms with E-state index in [0.29, 0.717) is 0 Å². The number of para-hydroxylation sites is 1. The number of aryl methyl sites for hydroxylation is 1. The van der Waals surface area contributed by atoms with Gasteiger partial charge in [-0.15, -0.1) is 0 Å². The molecule has 0 bridgehead atoms. The van der Waals surface area contributed by atoms with Gasteiger partial charge in [0.05, 0.1) is 0 Å². The SMILES string of the molecule is CCCCCCCCCCN(CCCCC)c1ccccc1C. The smallest absolute Gasteiger partial charge is 0.0395 e. The maximum Gasteiger partial charge on any atom is 0.0395 e. The van der Waals surface area contributed by atoms with Gasteiger partial charge in [0, 0.05) is 18.8 Å². The Morgan fingerprint density at radius 3 is 1.74 bits per heavy atom. The summed E-state index contributed by atoms with van der Waals surface area (Å²) in [6, 6.07) is 8.88. The maximum atomic E-state index is 2.63. The molecule has 0 heterocycles. The van der Waals surface area contributed by atoms with Crippen molar-refractivity contribution in [3.63, 3.8) is 0 Å². The zero-order valence-electron chi connectivity index (χ0n) is 15.9. The minimum absolute atomic E-state index is 1.22. The second-order valence-corrected chi connectivity index (χ2v) is 6.96. The third kappa shape index (κ3) is 9.03. The number of unbranched alkanes of at least 4 members (excludes halogenated alkanes) is 9. The van der Waals surface area contributed by atoms with Crippen molar-refractivity contribution >= 4 is 5.69 Å². The summed E-state index contributed by atoms with van der Waals surface area (Å²) in [5.41, 5.74) is 2.87. The molecule has 0 saturated carbocycles. The summed E-state index contributed by atoms with van der Waals surface area (Å²) < 4.78 is 0. The molecule has 1 aromatic carbocycles. The number of anilines is 1. The Morgan fingerprint density at radius 2 is 1.13 bits per heavy atom. The third-order valence-electron chi connectivity index (χ3n) is 4.77. The molecule has 0 atom stereocenters. The van der Waals surface area contributed by atoms with Gasteiger partial charge in [-0.2, -0.15) is 0 Å². The molecule has 0 saturated heterocycles. The Labute approximate surface area is 145 Å². The fourth-order valence-electron chi connectivity index (χ4n) is 3.26. The molecule has 0 spiro atoms. The van der Waals surface area contributed by atoms with Gasteiger partial charge in [0.25, 0.3) is 0 Å². The fourth-order valence-corrected chi connectivity index (χ4v) is 3.26. The Hall–Kier alpha value is -0.980. The lowest BCUT2D eigenvalue weighted by Crippen LogP contribution is -2.26. The lowest BCUT2D eigenvalue weighted by atomic mass is 10.1. The normalized spacial score (nSPS) is 10.9. The van der Waals surface area contributed by atoms with Gasteiger partial charge in [0.2, 0.25) is 0 Å². The van der Waals surface area contributed by atoms with Crippen LogP contribution in [0.25, 0.3) is 0 Å². The molecule has 0 N–H and O–H groups in total. The number of hydrogen-bond acceptors (Lipinski definition) is 1. The summed E-state index contributed by atoms with van der Waals surface area (Å²) in [4.78, 5) is 2.63. The summed E-state index contributed by atoms with van der Waals surface area (Å²) in [5.74, 6) is 0. The summed E-state index contributed by atoms with van der Waals surface area (Å²) in [6.45, 7) is 9.27. The second kappa shape index (κ2) is 13.5. The zero-order chi connectivity index (χ0) is 16.8. The molecule has 0 aliphatic carbocycles. The van der Waals surface area contributed by atoms with Crippen molar-refractivity contribution in [1.29, 1.82) is 0 Å². The molecule has 0 aliphatic heterocycles. The molecular formula is C22H39N. The van der Waals surface area contributed by atoms with Crippen molar-refractivity contribution in [2.75, 3.05) is 18.0 Å². The number of benzene rings is 1. The van der Waals surface area contributed by atoms with Crippen LogP contribution in [0.5, 0.6) is 0 Å². The molecule has 1 heteroatoms. The number of nitrogens with zero attached hydrogens (tertiary/aromatic N) is 1. The Kier molecular flexibility index (Phi) is 11.7. The molecule has 0 fully saturated rings. The predicted molar refractivity (Wildman–Crippen MR) is 106 cm³/mol. The van der Waals surface area contributed by atoms with E-state index in [0.717, 1.165) is 0 Å². The van der Waals surface area contributed by atoms with E-state index in [9.17, 15) is 0 Å². The highest BCUT2D eigenvalue weighted by Gasteiger charge is 2.08. The van der Waals surface area contributed by atoms with Crippen LogP contribution in [0.3, 0.4) is 0 Å². The van der Waals surface area contributed by atoms with Crippen molar-refractivity contribution < 1.29 is 0 Å². The van der Waals surface area contributed by atoms with E-state index >= 15 is 0 Å². The average Bonchev–Trinajstić information content (AvgIpc) is 2.56. The monoisotopic (exact) mass is 317 g/mol.